The van der Waals surface area contributed by atoms with Crippen molar-refractivity contribution in [2.24, 2.45) is 5.92 Å². The number of hydrogen-bond donors (Lipinski definition) is 1. The van der Waals surface area contributed by atoms with Crippen LogP contribution in [0.25, 0.3) is 10.8 Å². The van der Waals surface area contributed by atoms with E-state index >= 15 is 0 Å². The third kappa shape index (κ3) is 4.36. The Labute approximate surface area is 166 Å². The van der Waals surface area contributed by atoms with Crippen molar-refractivity contribution in [3.8, 4) is 0 Å². The third-order valence-corrected chi connectivity index (χ3v) is 6.04. The summed E-state index contributed by atoms with van der Waals surface area (Å²) in [7, 11) is 0. The minimum atomic E-state index is 0.0113. The Balaban J connectivity index is 1.28. The molecule has 4 rings (SSSR count). The van der Waals surface area contributed by atoms with E-state index in [-0.39, 0.29) is 11.8 Å². The maximum atomic E-state index is 12.7. The van der Waals surface area contributed by atoms with E-state index in [1.807, 2.05) is 30.3 Å². The maximum absolute atomic E-state index is 12.7. The van der Waals surface area contributed by atoms with Gasteiger partial charge in [-0.1, -0.05) is 36.4 Å². The summed E-state index contributed by atoms with van der Waals surface area (Å²) in [4.78, 5) is 29.5. The van der Waals surface area contributed by atoms with Crippen molar-refractivity contribution in [1.82, 2.24) is 9.80 Å². The maximum Gasteiger partial charge on any atom is 0.238 e. The molecule has 2 aromatic rings. The van der Waals surface area contributed by atoms with Crippen molar-refractivity contribution in [3.63, 3.8) is 0 Å². The highest BCUT2D eigenvalue weighted by atomic mass is 16.2. The second-order valence-corrected chi connectivity index (χ2v) is 8.01. The standard InChI is InChI=1S/C23H29N3O2/c27-22(24-21-10-6-8-18-7-2-3-9-20(18)21)17-25-15-11-19(12-16-25)23(28)26-13-4-1-5-14-26/h2-3,6-10,19H,1,4-5,11-17H2,(H,24,27). The van der Waals surface area contributed by atoms with Crippen molar-refractivity contribution in [3.05, 3.63) is 42.5 Å². The molecule has 2 aliphatic rings. The summed E-state index contributed by atoms with van der Waals surface area (Å²) in [6.45, 7) is 3.85. The topological polar surface area (TPSA) is 52.7 Å². The molecule has 2 fully saturated rings. The lowest BCUT2D eigenvalue weighted by Crippen LogP contribution is -2.45. The first-order chi connectivity index (χ1) is 13.7. The van der Waals surface area contributed by atoms with Crippen molar-refractivity contribution in [2.45, 2.75) is 32.1 Å². The highest BCUT2D eigenvalue weighted by Crippen LogP contribution is 2.24. The van der Waals surface area contributed by atoms with E-state index in [2.05, 4.69) is 27.2 Å². The van der Waals surface area contributed by atoms with E-state index < -0.39 is 0 Å². The Kier molecular flexibility index (Phi) is 5.91. The van der Waals surface area contributed by atoms with Gasteiger partial charge < -0.3 is 10.2 Å². The van der Waals surface area contributed by atoms with E-state index in [0.717, 1.165) is 68.3 Å². The Bertz CT molecular complexity index is 831. The Morgan fingerprint density at radius 2 is 1.61 bits per heavy atom. The zero-order valence-electron chi connectivity index (χ0n) is 16.4. The predicted octanol–water partition coefficient (Wildman–Crippen LogP) is 3.50. The molecule has 5 heteroatoms. The van der Waals surface area contributed by atoms with Gasteiger partial charge in [-0.15, -0.1) is 0 Å². The first-order valence-corrected chi connectivity index (χ1v) is 10.5. The molecule has 2 aromatic carbocycles. The van der Waals surface area contributed by atoms with Gasteiger partial charge in [-0.2, -0.15) is 0 Å². The minimum absolute atomic E-state index is 0.0113. The summed E-state index contributed by atoms with van der Waals surface area (Å²) in [5, 5.41) is 5.24. The average molecular weight is 380 g/mol. The molecule has 148 valence electrons. The molecule has 0 radical (unpaired) electrons. The molecule has 0 bridgehead atoms. The van der Waals surface area contributed by atoms with Crippen molar-refractivity contribution in [1.29, 1.82) is 0 Å². The SMILES string of the molecule is O=C(CN1CCC(C(=O)N2CCCCC2)CC1)Nc1cccc2ccccc12. The number of benzene rings is 2. The lowest BCUT2D eigenvalue weighted by molar-refractivity contribution is -0.138. The summed E-state index contributed by atoms with van der Waals surface area (Å²) in [6, 6.07) is 14.0. The predicted molar refractivity (Wildman–Crippen MR) is 112 cm³/mol. The van der Waals surface area contributed by atoms with Crippen LogP contribution >= 0.6 is 0 Å². The normalized spacial score (nSPS) is 18.9. The van der Waals surface area contributed by atoms with Crippen LogP contribution in [0.15, 0.2) is 42.5 Å². The van der Waals surface area contributed by atoms with E-state index in [0.29, 0.717) is 12.5 Å². The molecule has 2 amide bonds. The van der Waals surface area contributed by atoms with Crippen LogP contribution in [0, 0.1) is 5.92 Å². The Morgan fingerprint density at radius 1 is 0.893 bits per heavy atom. The van der Waals surface area contributed by atoms with Gasteiger partial charge in [0.15, 0.2) is 0 Å². The summed E-state index contributed by atoms with van der Waals surface area (Å²) in [5.41, 5.74) is 0.860. The fraction of sp³-hybridized carbons (Fsp3) is 0.478. The van der Waals surface area contributed by atoms with Gasteiger partial charge in [-0.05, 0) is 56.6 Å². The van der Waals surface area contributed by atoms with Crippen molar-refractivity contribution < 1.29 is 9.59 Å². The van der Waals surface area contributed by atoms with Crippen LogP contribution in [-0.4, -0.2) is 54.3 Å². The Hall–Kier alpha value is -2.40. The highest BCUT2D eigenvalue weighted by molar-refractivity contribution is 6.02. The molecule has 5 nitrogen and oxygen atoms in total. The summed E-state index contributed by atoms with van der Waals surface area (Å²) in [5.74, 6) is 0.479. The summed E-state index contributed by atoms with van der Waals surface area (Å²) in [6.07, 6.45) is 5.24. The van der Waals surface area contributed by atoms with Crippen molar-refractivity contribution in [2.75, 3.05) is 38.0 Å². The van der Waals surface area contributed by atoms with Crippen LogP contribution in [0.3, 0.4) is 0 Å². The lowest BCUT2D eigenvalue weighted by Gasteiger charge is -2.35. The molecular weight excluding hydrogens is 350 g/mol. The third-order valence-electron chi connectivity index (χ3n) is 6.04. The van der Waals surface area contributed by atoms with Gasteiger partial charge in [0.2, 0.25) is 11.8 Å². The number of carbonyl (C=O) groups is 2. The molecule has 2 heterocycles. The number of amides is 2. The zero-order chi connectivity index (χ0) is 19.3. The molecule has 1 N–H and O–H groups in total. The van der Waals surface area contributed by atoms with E-state index in [4.69, 9.17) is 0 Å². The van der Waals surface area contributed by atoms with Gasteiger partial charge in [-0.25, -0.2) is 0 Å². The average Bonchev–Trinajstić information content (AvgIpc) is 2.75. The number of carbonyl (C=O) groups excluding carboxylic acids is 2. The number of anilines is 1. The van der Waals surface area contributed by atoms with Crippen LogP contribution < -0.4 is 5.32 Å². The van der Waals surface area contributed by atoms with Gasteiger partial charge in [-0.3, -0.25) is 14.5 Å². The number of fused-ring (bicyclic) bond motifs is 1. The molecular formula is C23H29N3O2. The molecule has 2 saturated heterocycles. The lowest BCUT2D eigenvalue weighted by atomic mass is 9.94. The van der Waals surface area contributed by atoms with Gasteiger partial charge in [0.05, 0.1) is 6.54 Å². The number of likely N-dealkylation sites (tertiary alicyclic amines) is 2. The monoisotopic (exact) mass is 379 g/mol. The quantitative estimate of drug-likeness (QED) is 0.885. The van der Waals surface area contributed by atoms with Crippen LogP contribution in [0.4, 0.5) is 5.69 Å². The molecule has 0 saturated carbocycles. The van der Waals surface area contributed by atoms with Crippen LogP contribution in [-0.2, 0) is 9.59 Å². The van der Waals surface area contributed by atoms with Crippen LogP contribution in [0.1, 0.15) is 32.1 Å². The second kappa shape index (κ2) is 8.74. The molecule has 0 unspecified atom stereocenters. The minimum Gasteiger partial charge on any atom is -0.342 e. The zero-order valence-corrected chi connectivity index (χ0v) is 16.4. The Morgan fingerprint density at radius 3 is 2.39 bits per heavy atom. The molecule has 28 heavy (non-hydrogen) atoms. The fourth-order valence-corrected chi connectivity index (χ4v) is 4.44. The van der Waals surface area contributed by atoms with Gasteiger partial charge in [0.25, 0.3) is 0 Å². The van der Waals surface area contributed by atoms with E-state index in [1.54, 1.807) is 0 Å². The van der Waals surface area contributed by atoms with E-state index in [1.165, 1.54) is 6.42 Å². The molecule has 0 spiro atoms. The first-order valence-electron chi connectivity index (χ1n) is 10.5. The summed E-state index contributed by atoms with van der Waals surface area (Å²) >= 11 is 0. The number of rotatable bonds is 4. The molecule has 0 aromatic heterocycles. The molecule has 0 aliphatic carbocycles. The van der Waals surface area contributed by atoms with E-state index in [9.17, 15) is 9.59 Å². The largest absolute Gasteiger partial charge is 0.342 e. The van der Waals surface area contributed by atoms with Gasteiger partial charge in [0, 0.05) is 30.1 Å². The summed E-state index contributed by atoms with van der Waals surface area (Å²) < 4.78 is 0. The smallest absolute Gasteiger partial charge is 0.238 e. The van der Waals surface area contributed by atoms with Gasteiger partial charge >= 0.3 is 0 Å². The molecule has 2 aliphatic heterocycles. The first kappa shape index (κ1) is 18.9. The number of nitrogens with one attached hydrogen (secondary N) is 1. The van der Waals surface area contributed by atoms with Crippen LogP contribution in [0.2, 0.25) is 0 Å². The number of piperidine rings is 2. The highest BCUT2D eigenvalue weighted by Gasteiger charge is 2.29. The number of hydrogen-bond acceptors (Lipinski definition) is 3. The molecule has 0 atom stereocenters. The van der Waals surface area contributed by atoms with Crippen LogP contribution in [0.5, 0.6) is 0 Å². The fourth-order valence-electron chi connectivity index (χ4n) is 4.44. The van der Waals surface area contributed by atoms with Gasteiger partial charge in [0.1, 0.15) is 0 Å². The van der Waals surface area contributed by atoms with Crippen molar-refractivity contribution >= 4 is 28.3 Å². The second-order valence-electron chi connectivity index (χ2n) is 8.01. The number of nitrogens with zero attached hydrogens (tertiary/aromatic N) is 2.